The topological polar surface area (TPSA) is 18.5 Å². The van der Waals surface area contributed by atoms with Gasteiger partial charge in [0.05, 0.1) is 0 Å². The van der Waals surface area contributed by atoms with Crippen LogP contribution in [0.25, 0.3) is 0 Å². The van der Waals surface area contributed by atoms with Crippen molar-refractivity contribution in [3.63, 3.8) is 0 Å². The molecule has 0 amide bonds. The molecule has 3 heteroatoms. The highest BCUT2D eigenvalue weighted by molar-refractivity contribution is 4.89. The third-order valence-electron chi connectivity index (χ3n) is 4.35. The van der Waals surface area contributed by atoms with Crippen molar-refractivity contribution in [2.24, 2.45) is 0 Å². The average molecular weight is 225 g/mol. The van der Waals surface area contributed by atoms with Crippen LogP contribution in [0.5, 0.6) is 0 Å². The number of piperazine rings is 1. The second-order valence-corrected chi connectivity index (χ2v) is 5.59. The van der Waals surface area contributed by atoms with Crippen LogP contribution in [0.15, 0.2) is 0 Å². The third-order valence-corrected chi connectivity index (χ3v) is 4.35. The molecule has 2 rings (SSSR count). The monoisotopic (exact) mass is 225 g/mol. The van der Waals surface area contributed by atoms with Crippen molar-refractivity contribution in [3.05, 3.63) is 0 Å². The lowest BCUT2D eigenvalue weighted by atomic mass is 9.98. The molecule has 2 aliphatic heterocycles. The van der Waals surface area contributed by atoms with Gasteiger partial charge in [0, 0.05) is 31.2 Å². The molecular formula is C13H27N3. The second-order valence-electron chi connectivity index (χ2n) is 5.59. The molecule has 2 saturated heterocycles. The molecule has 0 aromatic rings. The van der Waals surface area contributed by atoms with Gasteiger partial charge in [-0.05, 0) is 46.3 Å². The van der Waals surface area contributed by atoms with Gasteiger partial charge in [-0.1, -0.05) is 6.92 Å². The van der Waals surface area contributed by atoms with E-state index in [0.29, 0.717) is 0 Å². The number of hydrogen-bond donors (Lipinski definition) is 1. The van der Waals surface area contributed by atoms with Crippen molar-refractivity contribution in [1.29, 1.82) is 0 Å². The number of hydrogen-bond acceptors (Lipinski definition) is 3. The zero-order chi connectivity index (χ0) is 11.5. The fourth-order valence-electron chi connectivity index (χ4n) is 3.06. The first-order valence-electron chi connectivity index (χ1n) is 6.88. The van der Waals surface area contributed by atoms with Crippen molar-refractivity contribution < 1.29 is 0 Å². The normalized spacial score (nSPS) is 35.4. The predicted octanol–water partition coefficient (Wildman–Crippen LogP) is 1.15. The summed E-state index contributed by atoms with van der Waals surface area (Å²) in [5, 5.41) is 3.64. The van der Waals surface area contributed by atoms with Gasteiger partial charge >= 0.3 is 0 Å². The van der Waals surface area contributed by atoms with E-state index in [1.165, 1.54) is 45.4 Å². The Morgan fingerprint density at radius 2 is 1.94 bits per heavy atom. The summed E-state index contributed by atoms with van der Waals surface area (Å²) < 4.78 is 0. The van der Waals surface area contributed by atoms with E-state index in [1.54, 1.807) is 0 Å². The van der Waals surface area contributed by atoms with Gasteiger partial charge in [-0.2, -0.15) is 0 Å². The van der Waals surface area contributed by atoms with Crippen molar-refractivity contribution in [3.8, 4) is 0 Å². The number of likely N-dealkylation sites (tertiary alicyclic amines) is 1. The fourth-order valence-corrected chi connectivity index (χ4v) is 3.06. The molecule has 0 bridgehead atoms. The summed E-state index contributed by atoms with van der Waals surface area (Å²) in [7, 11) is 2.24. The average Bonchev–Trinajstić information content (AvgIpc) is 2.31. The minimum absolute atomic E-state index is 0.718. The maximum absolute atomic E-state index is 3.64. The summed E-state index contributed by atoms with van der Waals surface area (Å²) in [6, 6.07) is 2.27. The molecule has 0 saturated carbocycles. The lowest BCUT2D eigenvalue weighted by Gasteiger charge is -2.45. The highest BCUT2D eigenvalue weighted by Gasteiger charge is 2.31. The lowest BCUT2D eigenvalue weighted by molar-refractivity contribution is 0.0538. The molecular weight excluding hydrogens is 198 g/mol. The van der Waals surface area contributed by atoms with E-state index in [0.717, 1.165) is 18.1 Å². The Bertz CT molecular complexity index is 211. The Kier molecular flexibility index (Phi) is 4.22. The van der Waals surface area contributed by atoms with Crippen LogP contribution < -0.4 is 5.32 Å². The highest BCUT2D eigenvalue weighted by atomic mass is 15.3. The smallest absolute Gasteiger partial charge is 0.0196 e. The minimum Gasteiger partial charge on any atom is -0.311 e. The van der Waals surface area contributed by atoms with Crippen LogP contribution in [-0.2, 0) is 0 Å². The first-order valence-corrected chi connectivity index (χ1v) is 6.88. The summed E-state index contributed by atoms with van der Waals surface area (Å²) in [5.41, 5.74) is 0. The standard InChI is InChI=1S/C13H27N3/c1-4-12-10-16(11(2)9-14-12)13-5-7-15(3)8-6-13/h11-14H,4-10H2,1-3H3. The van der Waals surface area contributed by atoms with Gasteiger partial charge in [0.1, 0.15) is 0 Å². The first kappa shape index (κ1) is 12.3. The van der Waals surface area contributed by atoms with E-state index >= 15 is 0 Å². The Hall–Kier alpha value is -0.120. The second kappa shape index (κ2) is 5.48. The highest BCUT2D eigenvalue weighted by Crippen LogP contribution is 2.20. The number of rotatable bonds is 2. The summed E-state index contributed by atoms with van der Waals surface area (Å²) in [6.45, 7) is 9.64. The van der Waals surface area contributed by atoms with Crippen molar-refractivity contribution in [1.82, 2.24) is 15.1 Å². The van der Waals surface area contributed by atoms with Crippen molar-refractivity contribution in [2.75, 3.05) is 33.2 Å². The fraction of sp³-hybridized carbons (Fsp3) is 1.00. The summed E-state index contributed by atoms with van der Waals surface area (Å²) in [6.07, 6.45) is 3.98. The predicted molar refractivity (Wildman–Crippen MR) is 68.8 cm³/mol. The molecule has 0 spiro atoms. The number of piperidine rings is 1. The molecule has 1 N–H and O–H groups in total. The van der Waals surface area contributed by atoms with Crippen LogP contribution in [0.2, 0.25) is 0 Å². The van der Waals surface area contributed by atoms with Crippen LogP contribution in [-0.4, -0.2) is 61.2 Å². The van der Waals surface area contributed by atoms with Gasteiger partial charge in [-0.15, -0.1) is 0 Å². The molecule has 0 aromatic heterocycles. The Balaban J connectivity index is 1.90. The van der Waals surface area contributed by atoms with Crippen LogP contribution in [0.4, 0.5) is 0 Å². The van der Waals surface area contributed by atoms with E-state index in [1.807, 2.05) is 0 Å². The minimum atomic E-state index is 0.718. The molecule has 0 aromatic carbocycles. The SMILES string of the molecule is CCC1CN(C2CCN(C)CC2)C(C)CN1. The van der Waals surface area contributed by atoms with E-state index in [-0.39, 0.29) is 0 Å². The third kappa shape index (κ3) is 2.76. The van der Waals surface area contributed by atoms with Crippen LogP contribution in [0.3, 0.4) is 0 Å². The van der Waals surface area contributed by atoms with Gasteiger partial charge < -0.3 is 10.2 Å². The molecule has 94 valence electrons. The van der Waals surface area contributed by atoms with Crippen LogP contribution in [0.1, 0.15) is 33.1 Å². The molecule has 16 heavy (non-hydrogen) atoms. The molecule has 0 radical (unpaired) electrons. The molecule has 0 aliphatic carbocycles. The largest absolute Gasteiger partial charge is 0.311 e. The van der Waals surface area contributed by atoms with Gasteiger partial charge in [-0.3, -0.25) is 4.90 Å². The van der Waals surface area contributed by atoms with E-state index < -0.39 is 0 Å². The maximum atomic E-state index is 3.64. The molecule has 3 nitrogen and oxygen atoms in total. The lowest BCUT2D eigenvalue weighted by Crippen LogP contribution is -2.59. The summed E-state index contributed by atoms with van der Waals surface area (Å²) in [4.78, 5) is 5.22. The van der Waals surface area contributed by atoms with Gasteiger partial charge in [-0.25, -0.2) is 0 Å². The molecule has 2 heterocycles. The van der Waals surface area contributed by atoms with Crippen LogP contribution >= 0.6 is 0 Å². The molecule has 2 aliphatic rings. The van der Waals surface area contributed by atoms with E-state index in [9.17, 15) is 0 Å². The quantitative estimate of drug-likeness (QED) is 0.760. The first-order chi connectivity index (χ1) is 7.70. The number of nitrogens with zero attached hydrogens (tertiary/aromatic N) is 2. The molecule has 2 atom stereocenters. The zero-order valence-electron chi connectivity index (χ0n) is 11.1. The van der Waals surface area contributed by atoms with Gasteiger partial charge in [0.15, 0.2) is 0 Å². The molecule has 2 fully saturated rings. The Morgan fingerprint density at radius 3 is 2.56 bits per heavy atom. The van der Waals surface area contributed by atoms with Gasteiger partial charge in [0.2, 0.25) is 0 Å². The number of nitrogens with one attached hydrogen (secondary N) is 1. The Morgan fingerprint density at radius 1 is 1.25 bits per heavy atom. The van der Waals surface area contributed by atoms with Crippen molar-refractivity contribution >= 4 is 0 Å². The summed E-state index contributed by atoms with van der Waals surface area (Å²) >= 11 is 0. The van der Waals surface area contributed by atoms with Crippen LogP contribution in [0, 0.1) is 0 Å². The summed E-state index contributed by atoms with van der Waals surface area (Å²) in [5.74, 6) is 0. The maximum Gasteiger partial charge on any atom is 0.0196 e. The van der Waals surface area contributed by atoms with E-state index in [4.69, 9.17) is 0 Å². The van der Waals surface area contributed by atoms with Crippen molar-refractivity contribution in [2.45, 2.75) is 51.2 Å². The van der Waals surface area contributed by atoms with Gasteiger partial charge in [0.25, 0.3) is 0 Å². The van der Waals surface area contributed by atoms with E-state index in [2.05, 4.69) is 36.0 Å². The zero-order valence-corrected chi connectivity index (χ0v) is 11.1. The Labute approximate surface area is 100 Å². The molecule has 2 unspecified atom stereocenters.